The van der Waals surface area contributed by atoms with E-state index in [1.54, 1.807) is 68.9 Å². The quantitative estimate of drug-likeness (QED) is 0.408. The zero-order valence-electron chi connectivity index (χ0n) is 19.8. The van der Waals surface area contributed by atoms with Crippen molar-refractivity contribution in [3.8, 4) is 22.7 Å². The van der Waals surface area contributed by atoms with Gasteiger partial charge in [-0.25, -0.2) is 4.98 Å². The molecule has 1 aliphatic heterocycles. The van der Waals surface area contributed by atoms with Crippen LogP contribution in [0.2, 0.25) is 0 Å². The molecule has 1 unspecified atom stereocenters. The first-order chi connectivity index (χ1) is 17.1. The summed E-state index contributed by atoms with van der Waals surface area (Å²) in [7, 11) is 4.67. The monoisotopic (exact) mass is 499 g/mol. The third-order valence-electron chi connectivity index (χ3n) is 5.59. The summed E-state index contributed by atoms with van der Waals surface area (Å²) in [4.78, 5) is 23.9. The van der Waals surface area contributed by atoms with Crippen molar-refractivity contribution in [2.45, 2.75) is 12.4 Å². The molecule has 188 valence electrons. The number of halogens is 3. The van der Waals surface area contributed by atoms with Crippen molar-refractivity contribution in [1.29, 1.82) is 0 Å². The lowest BCUT2D eigenvalue weighted by Gasteiger charge is -2.33. The number of nitrogens with zero attached hydrogens (tertiary/aromatic N) is 4. The molecule has 1 aliphatic rings. The van der Waals surface area contributed by atoms with Gasteiger partial charge in [0.15, 0.2) is 6.23 Å². The van der Waals surface area contributed by atoms with Crippen LogP contribution in [0.3, 0.4) is 0 Å². The van der Waals surface area contributed by atoms with E-state index < -0.39 is 24.6 Å². The number of nitrogens with two attached hydrogens (primary N) is 1. The SMILES string of the molecule is CN=Cc1cc(-c2nc3c(n(-c4ccc(OC)cc4)c2=O)N(C)C(OCC(F)(F)F)C=C3)ccc1N. The highest BCUT2D eigenvalue weighted by Gasteiger charge is 2.33. The molecular formula is C25H24F3N5O3. The zero-order chi connectivity index (χ0) is 26.0. The average molecular weight is 499 g/mol. The van der Waals surface area contributed by atoms with E-state index in [1.165, 1.54) is 22.7 Å². The third-order valence-corrected chi connectivity index (χ3v) is 5.59. The number of ether oxygens (including phenoxy) is 2. The van der Waals surface area contributed by atoms with E-state index in [9.17, 15) is 18.0 Å². The molecule has 8 nitrogen and oxygen atoms in total. The van der Waals surface area contributed by atoms with E-state index in [-0.39, 0.29) is 11.5 Å². The number of alkyl halides is 3. The minimum absolute atomic E-state index is 0.142. The number of hydrogen-bond acceptors (Lipinski definition) is 7. The van der Waals surface area contributed by atoms with Crippen LogP contribution < -0.4 is 20.9 Å². The molecule has 0 radical (unpaired) electrons. The first-order valence-electron chi connectivity index (χ1n) is 10.9. The maximum atomic E-state index is 13.9. The van der Waals surface area contributed by atoms with Gasteiger partial charge in [0.25, 0.3) is 5.56 Å². The molecule has 11 heteroatoms. The number of aliphatic imine (C=N–C) groups is 1. The van der Waals surface area contributed by atoms with Crippen molar-refractivity contribution in [2.75, 3.05) is 38.4 Å². The first-order valence-corrected chi connectivity index (χ1v) is 10.9. The highest BCUT2D eigenvalue weighted by atomic mass is 19.4. The lowest BCUT2D eigenvalue weighted by molar-refractivity contribution is -0.180. The van der Waals surface area contributed by atoms with Crippen molar-refractivity contribution in [1.82, 2.24) is 9.55 Å². The summed E-state index contributed by atoms with van der Waals surface area (Å²) >= 11 is 0. The number of likely N-dealkylation sites (N-methyl/N-ethyl adjacent to an activating group) is 1. The van der Waals surface area contributed by atoms with Crippen LogP contribution in [0.15, 0.2) is 58.3 Å². The Morgan fingerprint density at radius 1 is 1.19 bits per heavy atom. The molecule has 0 amide bonds. The van der Waals surface area contributed by atoms with Gasteiger partial charge in [0.2, 0.25) is 0 Å². The fourth-order valence-corrected chi connectivity index (χ4v) is 3.89. The number of benzene rings is 2. The molecule has 1 atom stereocenters. The fourth-order valence-electron chi connectivity index (χ4n) is 3.89. The third kappa shape index (κ3) is 4.96. The molecule has 3 aromatic rings. The van der Waals surface area contributed by atoms with E-state index in [0.29, 0.717) is 33.9 Å². The number of aromatic nitrogens is 2. The Morgan fingerprint density at radius 2 is 1.92 bits per heavy atom. The standard InChI is InChI=1S/C25H24F3N5O3/c1-30-13-16-12-15(4-9-19(16)29)22-24(34)33(17-5-7-18(35-3)8-6-17)23-20(31-22)10-11-21(32(23)2)36-14-25(26,27)28/h4-13,21H,14,29H2,1-3H3. The van der Waals surface area contributed by atoms with Crippen molar-refractivity contribution in [2.24, 2.45) is 4.99 Å². The lowest BCUT2D eigenvalue weighted by atomic mass is 10.1. The van der Waals surface area contributed by atoms with E-state index in [1.807, 2.05) is 0 Å². The van der Waals surface area contributed by atoms with Gasteiger partial charge in [-0.05, 0) is 48.6 Å². The summed E-state index contributed by atoms with van der Waals surface area (Å²) in [5.74, 6) is 0.867. The van der Waals surface area contributed by atoms with Crippen molar-refractivity contribution in [3.05, 3.63) is 70.2 Å². The predicted octanol–water partition coefficient (Wildman–Crippen LogP) is 3.91. The zero-order valence-corrected chi connectivity index (χ0v) is 19.8. The van der Waals surface area contributed by atoms with Crippen LogP contribution in [0.4, 0.5) is 24.7 Å². The molecule has 2 heterocycles. The number of methoxy groups -OCH3 is 1. The van der Waals surface area contributed by atoms with Gasteiger partial charge < -0.3 is 20.1 Å². The number of rotatable bonds is 6. The summed E-state index contributed by atoms with van der Waals surface area (Å²) in [6.45, 7) is -1.44. The van der Waals surface area contributed by atoms with Crippen molar-refractivity contribution < 1.29 is 22.6 Å². The minimum Gasteiger partial charge on any atom is -0.497 e. The molecule has 1 aromatic heterocycles. The van der Waals surface area contributed by atoms with Gasteiger partial charge in [0, 0.05) is 37.1 Å². The molecule has 4 rings (SSSR count). The normalized spacial score (nSPS) is 15.4. The molecule has 0 bridgehead atoms. The fraction of sp³-hybridized carbons (Fsp3) is 0.240. The Kier molecular flexibility index (Phi) is 6.84. The largest absolute Gasteiger partial charge is 0.497 e. The smallest absolute Gasteiger partial charge is 0.411 e. The van der Waals surface area contributed by atoms with E-state index in [2.05, 4.69) is 9.98 Å². The number of hydrogen-bond donors (Lipinski definition) is 1. The van der Waals surface area contributed by atoms with Crippen LogP contribution in [0, 0.1) is 0 Å². The number of fused-ring (bicyclic) bond motifs is 1. The number of anilines is 2. The van der Waals surface area contributed by atoms with E-state index in [4.69, 9.17) is 15.2 Å². The molecule has 0 aliphatic carbocycles. The van der Waals surface area contributed by atoms with Crippen molar-refractivity contribution >= 4 is 23.8 Å². The second-order valence-electron chi connectivity index (χ2n) is 8.03. The van der Waals surface area contributed by atoms with Crippen LogP contribution >= 0.6 is 0 Å². The van der Waals surface area contributed by atoms with Gasteiger partial charge >= 0.3 is 6.18 Å². The topological polar surface area (TPSA) is 95.0 Å². The second kappa shape index (κ2) is 9.86. The Hall–Kier alpha value is -4.12. The summed E-state index contributed by atoms with van der Waals surface area (Å²) < 4.78 is 50.1. The second-order valence-corrected chi connectivity index (χ2v) is 8.03. The lowest BCUT2D eigenvalue weighted by Crippen LogP contribution is -2.41. The van der Waals surface area contributed by atoms with Gasteiger partial charge in [0.1, 0.15) is 29.6 Å². The Bertz CT molecular complexity index is 1380. The van der Waals surface area contributed by atoms with Crippen LogP contribution in [-0.4, -0.2) is 56.0 Å². The summed E-state index contributed by atoms with van der Waals surface area (Å²) in [6, 6.07) is 11.8. The predicted molar refractivity (Wildman–Crippen MR) is 133 cm³/mol. The highest BCUT2D eigenvalue weighted by molar-refractivity contribution is 5.89. The van der Waals surface area contributed by atoms with Gasteiger partial charge in [-0.15, -0.1) is 0 Å². The number of nitrogen functional groups attached to an aromatic ring is 1. The summed E-state index contributed by atoms with van der Waals surface area (Å²) in [6.07, 6.45) is -0.965. The van der Waals surface area contributed by atoms with Gasteiger partial charge in [-0.1, -0.05) is 6.07 Å². The molecular weight excluding hydrogens is 475 g/mol. The van der Waals surface area contributed by atoms with Crippen LogP contribution in [0.1, 0.15) is 11.3 Å². The van der Waals surface area contributed by atoms with E-state index >= 15 is 0 Å². The summed E-state index contributed by atoms with van der Waals surface area (Å²) in [5.41, 5.74) is 8.18. The van der Waals surface area contributed by atoms with Crippen LogP contribution in [-0.2, 0) is 4.74 Å². The minimum atomic E-state index is -4.50. The van der Waals surface area contributed by atoms with Gasteiger partial charge in [-0.2, -0.15) is 13.2 Å². The molecule has 0 saturated carbocycles. The van der Waals surface area contributed by atoms with Crippen LogP contribution in [0.25, 0.3) is 23.0 Å². The van der Waals surface area contributed by atoms with E-state index in [0.717, 1.165) is 0 Å². The first kappa shape index (κ1) is 25.0. The summed E-state index contributed by atoms with van der Waals surface area (Å²) in [5, 5.41) is 0. The molecule has 0 spiro atoms. The molecule has 0 fully saturated rings. The Labute approximate surface area is 205 Å². The molecule has 2 aromatic carbocycles. The van der Waals surface area contributed by atoms with Gasteiger partial charge in [-0.3, -0.25) is 14.4 Å². The Balaban J connectivity index is 1.92. The van der Waals surface area contributed by atoms with Gasteiger partial charge in [0.05, 0.1) is 12.8 Å². The molecule has 2 N–H and O–H groups in total. The van der Waals surface area contributed by atoms with Crippen LogP contribution in [0.5, 0.6) is 5.75 Å². The maximum absolute atomic E-state index is 13.9. The molecule has 36 heavy (non-hydrogen) atoms. The van der Waals surface area contributed by atoms with Crippen molar-refractivity contribution in [3.63, 3.8) is 0 Å². The molecule has 0 saturated heterocycles. The average Bonchev–Trinajstić information content (AvgIpc) is 2.85. The Morgan fingerprint density at radius 3 is 2.56 bits per heavy atom. The highest BCUT2D eigenvalue weighted by Crippen LogP contribution is 2.32. The maximum Gasteiger partial charge on any atom is 0.411 e.